The molecule has 0 heterocycles. The Balaban J connectivity index is 3.18. The van der Waals surface area contributed by atoms with Crippen LogP contribution in [0.1, 0.15) is 0 Å². The molecule has 0 aliphatic rings. The van der Waals surface area contributed by atoms with E-state index in [1.165, 1.54) is 0 Å². The van der Waals surface area contributed by atoms with Crippen LogP contribution in [0.4, 0.5) is 13.2 Å². The van der Waals surface area contributed by atoms with E-state index in [-0.39, 0.29) is 12.1 Å². The highest BCUT2D eigenvalue weighted by Gasteiger charge is 2.29. The third-order valence-electron chi connectivity index (χ3n) is 1.59. The molecular formula is C7H6F3O6PS. The maximum atomic E-state index is 13.1. The quantitative estimate of drug-likeness (QED) is 0.634. The molecule has 0 amide bonds. The SMILES string of the molecule is O=P(O)(O)COS(=O)(=O)c1c(F)cc(F)cc1F. The van der Waals surface area contributed by atoms with Gasteiger partial charge in [0.25, 0.3) is 0 Å². The Kier molecular flexibility index (Phi) is 4.19. The summed E-state index contributed by atoms with van der Waals surface area (Å²) in [6.45, 7) is 0. The van der Waals surface area contributed by atoms with Crippen LogP contribution >= 0.6 is 7.60 Å². The molecule has 18 heavy (non-hydrogen) atoms. The summed E-state index contributed by atoms with van der Waals surface area (Å²) in [4.78, 5) is 15.2. The van der Waals surface area contributed by atoms with Gasteiger partial charge in [0.15, 0.2) is 11.2 Å². The molecule has 0 atom stereocenters. The Bertz CT molecular complexity index is 587. The first-order valence-electron chi connectivity index (χ1n) is 4.11. The number of halogens is 3. The lowest BCUT2D eigenvalue weighted by molar-refractivity contribution is 0.298. The van der Waals surface area contributed by atoms with Gasteiger partial charge in [-0.15, -0.1) is 0 Å². The molecule has 0 fully saturated rings. The summed E-state index contributed by atoms with van der Waals surface area (Å²) in [5.41, 5.74) is 0. The monoisotopic (exact) mass is 306 g/mol. The van der Waals surface area contributed by atoms with Crippen molar-refractivity contribution in [2.75, 3.05) is 6.35 Å². The van der Waals surface area contributed by atoms with Crippen molar-refractivity contribution in [3.63, 3.8) is 0 Å². The van der Waals surface area contributed by atoms with Crippen LogP contribution in [0.25, 0.3) is 0 Å². The molecule has 0 bridgehead atoms. The summed E-state index contributed by atoms with van der Waals surface area (Å²) < 4.78 is 75.4. The van der Waals surface area contributed by atoms with E-state index in [4.69, 9.17) is 9.79 Å². The van der Waals surface area contributed by atoms with Crippen LogP contribution in [-0.4, -0.2) is 24.6 Å². The van der Waals surface area contributed by atoms with Gasteiger partial charge in [0.1, 0.15) is 17.5 Å². The molecule has 0 radical (unpaired) electrons. The van der Waals surface area contributed by atoms with Crippen molar-refractivity contribution < 1.29 is 40.1 Å². The summed E-state index contributed by atoms with van der Waals surface area (Å²) in [6, 6.07) is 0.188. The van der Waals surface area contributed by atoms with Crippen LogP contribution in [0.2, 0.25) is 0 Å². The third kappa shape index (κ3) is 3.79. The van der Waals surface area contributed by atoms with E-state index in [1.807, 2.05) is 0 Å². The normalized spacial score (nSPS) is 12.7. The minimum Gasteiger partial charge on any atom is -0.323 e. The van der Waals surface area contributed by atoms with Gasteiger partial charge in [-0.1, -0.05) is 0 Å². The van der Waals surface area contributed by atoms with Gasteiger partial charge in [-0.25, -0.2) is 13.2 Å². The van der Waals surface area contributed by atoms with Crippen molar-refractivity contribution in [2.24, 2.45) is 0 Å². The van der Waals surface area contributed by atoms with E-state index in [9.17, 15) is 26.2 Å². The van der Waals surface area contributed by atoms with Crippen molar-refractivity contribution in [2.45, 2.75) is 4.90 Å². The van der Waals surface area contributed by atoms with E-state index in [0.717, 1.165) is 0 Å². The summed E-state index contributed by atoms with van der Waals surface area (Å²) >= 11 is 0. The average molecular weight is 306 g/mol. The molecule has 11 heteroatoms. The maximum Gasteiger partial charge on any atom is 0.352 e. The topological polar surface area (TPSA) is 101 Å². The average Bonchev–Trinajstić information content (AvgIpc) is 2.11. The lowest BCUT2D eigenvalue weighted by Gasteiger charge is -2.08. The van der Waals surface area contributed by atoms with Gasteiger partial charge in [-0.3, -0.25) is 8.75 Å². The smallest absolute Gasteiger partial charge is 0.323 e. The highest BCUT2D eigenvalue weighted by molar-refractivity contribution is 7.87. The Hall–Kier alpha value is -0.930. The van der Waals surface area contributed by atoms with Crippen LogP contribution in [0.5, 0.6) is 0 Å². The zero-order valence-electron chi connectivity index (χ0n) is 8.38. The van der Waals surface area contributed by atoms with Gasteiger partial charge in [-0.05, 0) is 0 Å². The fourth-order valence-corrected chi connectivity index (χ4v) is 2.78. The van der Waals surface area contributed by atoms with Crippen LogP contribution in [0.15, 0.2) is 17.0 Å². The minimum absolute atomic E-state index is 0.0941. The van der Waals surface area contributed by atoms with E-state index in [2.05, 4.69) is 4.18 Å². The molecule has 0 aliphatic carbocycles. The van der Waals surface area contributed by atoms with Crippen LogP contribution in [-0.2, 0) is 18.9 Å². The molecule has 0 aliphatic heterocycles. The first-order chi connectivity index (χ1) is 8.03. The van der Waals surface area contributed by atoms with Crippen molar-refractivity contribution >= 4 is 17.7 Å². The summed E-state index contributed by atoms with van der Waals surface area (Å²) in [7, 11) is -9.92. The van der Waals surface area contributed by atoms with Gasteiger partial charge >= 0.3 is 17.7 Å². The lowest BCUT2D eigenvalue weighted by Crippen LogP contribution is -2.12. The first-order valence-corrected chi connectivity index (χ1v) is 7.32. The highest BCUT2D eigenvalue weighted by atomic mass is 32.2. The molecule has 1 aromatic carbocycles. The zero-order chi connectivity index (χ0) is 14.1. The molecule has 102 valence electrons. The number of benzene rings is 1. The van der Waals surface area contributed by atoms with Crippen molar-refractivity contribution in [1.29, 1.82) is 0 Å². The first kappa shape index (κ1) is 15.1. The predicted molar refractivity (Wildman–Crippen MR) is 51.5 cm³/mol. The molecule has 0 spiro atoms. The molecule has 6 nitrogen and oxygen atoms in total. The minimum atomic E-state index is -5.08. The third-order valence-corrected chi connectivity index (χ3v) is 3.55. The Morgan fingerprint density at radius 3 is 2.00 bits per heavy atom. The van der Waals surface area contributed by atoms with E-state index < -0.39 is 46.4 Å². The van der Waals surface area contributed by atoms with Crippen LogP contribution < -0.4 is 0 Å². The number of rotatable bonds is 4. The Morgan fingerprint density at radius 2 is 1.61 bits per heavy atom. The van der Waals surface area contributed by atoms with E-state index in [0.29, 0.717) is 0 Å². The van der Waals surface area contributed by atoms with Gasteiger partial charge in [0, 0.05) is 12.1 Å². The molecule has 0 unspecified atom stereocenters. The van der Waals surface area contributed by atoms with Gasteiger partial charge in [0.2, 0.25) is 0 Å². The molecule has 0 aromatic heterocycles. The van der Waals surface area contributed by atoms with Crippen LogP contribution in [0.3, 0.4) is 0 Å². The summed E-state index contributed by atoms with van der Waals surface area (Å²) in [5.74, 6) is -4.88. The van der Waals surface area contributed by atoms with Crippen molar-refractivity contribution in [3.05, 3.63) is 29.6 Å². The number of hydrogen-bond donors (Lipinski definition) is 2. The fraction of sp³-hybridized carbons (Fsp3) is 0.143. The molecule has 2 N–H and O–H groups in total. The second kappa shape index (κ2) is 4.98. The second-order valence-corrected chi connectivity index (χ2v) is 6.20. The predicted octanol–water partition coefficient (Wildman–Crippen LogP) is 0.944. The Morgan fingerprint density at radius 1 is 1.17 bits per heavy atom. The largest absolute Gasteiger partial charge is 0.352 e. The van der Waals surface area contributed by atoms with Crippen LogP contribution in [0, 0.1) is 17.5 Å². The Labute approximate surface area is 99.3 Å². The standard InChI is InChI=1S/C7H6F3O6PS/c8-4-1-5(9)7(6(10)2-4)18(14,15)16-3-17(11,12)13/h1-2H,3H2,(H2,11,12,13). The maximum absolute atomic E-state index is 13.1. The molecular weight excluding hydrogens is 300 g/mol. The van der Waals surface area contributed by atoms with Gasteiger partial charge in [-0.2, -0.15) is 8.42 Å². The van der Waals surface area contributed by atoms with E-state index in [1.54, 1.807) is 0 Å². The zero-order valence-corrected chi connectivity index (χ0v) is 10.1. The van der Waals surface area contributed by atoms with E-state index >= 15 is 0 Å². The summed E-state index contributed by atoms with van der Waals surface area (Å²) in [6.07, 6.45) is -1.58. The fourth-order valence-electron chi connectivity index (χ4n) is 0.965. The van der Waals surface area contributed by atoms with Gasteiger partial charge < -0.3 is 9.79 Å². The molecule has 1 aromatic rings. The molecule has 1 rings (SSSR count). The molecule has 0 saturated carbocycles. The van der Waals surface area contributed by atoms with Crippen molar-refractivity contribution in [3.8, 4) is 0 Å². The summed E-state index contributed by atoms with van der Waals surface area (Å²) in [5, 5.41) is 0. The van der Waals surface area contributed by atoms with Crippen molar-refractivity contribution in [1.82, 2.24) is 0 Å². The number of hydrogen-bond acceptors (Lipinski definition) is 4. The molecule has 0 saturated heterocycles. The highest BCUT2D eigenvalue weighted by Crippen LogP contribution is 2.35. The van der Waals surface area contributed by atoms with Gasteiger partial charge in [0.05, 0.1) is 0 Å². The lowest BCUT2D eigenvalue weighted by atomic mass is 10.3. The second-order valence-electron chi connectivity index (χ2n) is 3.06.